The molecule has 0 atom stereocenters. The quantitative estimate of drug-likeness (QED) is 0.266. The number of nitriles is 1. The molecular weight excluding hydrogens is 530 g/mol. The molecule has 10 heteroatoms. The summed E-state index contributed by atoms with van der Waals surface area (Å²) >= 11 is 0.955. The van der Waals surface area contributed by atoms with Crippen LogP contribution in [0.15, 0.2) is 12.4 Å². The highest BCUT2D eigenvalue weighted by Crippen LogP contribution is 2.45. The van der Waals surface area contributed by atoms with Crippen LogP contribution in [0.2, 0.25) is 0 Å². The van der Waals surface area contributed by atoms with Gasteiger partial charge in [0.2, 0.25) is 5.95 Å². The van der Waals surface area contributed by atoms with Crippen LogP contribution in [0.25, 0.3) is 32.2 Å². The maximum Gasteiger partial charge on any atom is 0.225 e. The SMILES string of the molecule is CC.CC.CCCC.N#Cc1c(N)sc2c(F)cnc(-c3c4c(c5cnc(N6CCCC6)nc5c3F)COC4)c12. The van der Waals surface area contributed by atoms with Crippen LogP contribution in [0.3, 0.4) is 0 Å². The molecule has 214 valence electrons. The topological polar surface area (TPSA) is 101 Å². The Balaban J connectivity index is 0.000000500. The Morgan fingerprint density at radius 2 is 1.68 bits per heavy atom. The van der Waals surface area contributed by atoms with Crippen LogP contribution >= 0.6 is 11.3 Å². The van der Waals surface area contributed by atoms with Crippen molar-refractivity contribution in [1.82, 2.24) is 15.0 Å². The third-order valence-corrected chi connectivity index (χ3v) is 7.65. The smallest absolute Gasteiger partial charge is 0.225 e. The van der Waals surface area contributed by atoms with Crippen molar-refractivity contribution in [3.8, 4) is 17.3 Å². The molecule has 3 aromatic heterocycles. The maximum atomic E-state index is 16.1. The molecule has 0 spiro atoms. The van der Waals surface area contributed by atoms with Gasteiger partial charge in [-0.1, -0.05) is 54.4 Å². The fourth-order valence-corrected chi connectivity index (χ4v) is 5.53. The fourth-order valence-electron chi connectivity index (χ4n) is 4.61. The summed E-state index contributed by atoms with van der Waals surface area (Å²) in [6.45, 7) is 14.5. The molecule has 1 saturated heterocycles. The van der Waals surface area contributed by atoms with Gasteiger partial charge in [-0.2, -0.15) is 5.26 Å². The van der Waals surface area contributed by atoms with Gasteiger partial charge in [0, 0.05) is 35.6 Å². The lowest BCUT2D eigenvalue weighted by Gasteiger charge is -2.17. The Labute approximate surface area is 239 Å². The van der Waals surface area contributed by atoms with Crippen molar-refractivity contribution < 1.29 is 13.5 Å². The second kappa shape index (κ2) is 14.3. The van der Waals surface area contributed by atoms with Gasteiger partial charge in [-0.05, 0) is 24.0 Å². The summed E-state index contributed by atoms with van der Waals surface area (Å²) in [5, 5.41) is 10.6. The number of hydrogen-bond donors (Lipinski definition) is 1. The lowest BCUT2D eigenvalue weighted by Crippen LogP contribution is -2.20. The molecule has 2 aliphatic heterocycles. The summed E-state index contributed by atoms with van der Waals surface area (Å²) in [6.07, 6.45) is 7.41. The average molecular weight is 569 g/mol. The van der Waals surface area contributed by atoms with Crippen LogP contribution in [-0.4, -0.2) is 28.0 Å². The minimum Gasteiger partial charge on any atom is -0.389 e. The number of ether oxygens (including phenoxy) is 1. The lowest BCUT2D eigenvalue weighted by molar-refractivity contribution is 0.135. The van der Waals surface area contributed by atoms with Crippen molar-refractivity contribution in [2.75, 3.05) is 23.7 Å². The van der Waals surface area contributed by atoms with Gasteiger partial charge < -0.3 is 15.4 Å². The molecule has 1 fully saturated rings. The minimum atomic E-state index is -0.602. The summed E-state index contributed by atoms with van der Waals surface area (Å²) in [5.41, 5.74) is 7.98. The third kappa shape index (κ3) is 5.72. The number of nitrogens with zero attached hydrogens (tertiary/aromatic N) is 5. The van der Waals surface area contributed by atoms with Crippen LogP contribution in [0.4, 0.5) is 19.7 Å². The van der Waals surface area contributed by atoms with E-state index in [2.05, 4.69) is 28.8 Å². The highest BCUT2D eigenvalue weighted by atomic mass is 32.1. The summed E-state index contributed by atoms with van der Waals surface area (Å²) in [6, 6.07) is 2.02. The summed E-state index contributed by atoms with van der Waals surface area (Å²) < 4.78 is 36.5. The molecule has 2 aliphatic rings. The predicted octanol–water partition coefficient (Wildman–Crippen LogP) is 8.13. The van der Waals surface area contributed by atoms with E-state index in [-0.39, 0.29) is 50.6 Å². The number of aromatic nitrogens is 3. The second-order valence-corrected chi connectivity index (χ2v) is 9.93. The van der Waals surface area contributed by atoms with Gasteiger partial charge in [0.25, 0.3) is 0 Å². The molecule has 0 amide bonds. The van der Waals surface area contributed by atoms with E-state index < -0.39 is 11.6 Å². The average Bonchev–Trinajstić information content (AvgIpc) is 3.77. The van der Waals surface area contributed by atoms with Crippen molar-refractivity contribution in [3.05, 3.63) is 40.7 Å². The molecule has 40 heavy (non-hydrogen) atoms. The van der Waals surface area contributed by atoms with E-state index in [1.165, 1.54) is 12.8 Å². The van der Waals surface area contributed by atoms with Crippen LogP contribution in [0, 0.1) is 23.0 Å². The van der Waals surface area contributed by atoms with E-state index in [0.29, 0.717) is 16.9 Å². The zero-order valence-electron chi connectivity index (χ0n) is 24.2. The van der Waals surface area contributed by atoms with Crippen LogP contribution < -0.4 is 10.6 Å². The maximum absolute atomic E-state index is 16.1. The molecule has 5 heterocycles. The first kappa shape index (κ1) is 31.1. The zero-order valence-corrected chi connectivity index (χ0v) is 25.0. The number of thiophene rings is 1. The van der Waals surface area contributed by atoms with E-state index in [1.807, 2.05) is 38.7 Å². The normalized spacial score (nSPS) is 13.5. The Morgan fingerprint density at radius 1 is 1.02 bits per heavy atom. The fraction of sp³-hybridized carbons (Fsp3) is 0.467. The van der Waals surface area contributed by atoms with Gasteiger partial charge in [-0.3, -0.25) is 4.98 Å². The lowest BCUT2D eigenvalue weighted by atomic mass is 9.94. The number of halogens is 2. The zero-order chi connectivity index (χ0) is 29.4. The van der Waals surface area contributed by atoms with E-state index in [0.717, 1.165) is 49.0 Å². The molecule has 0 radical (unpaired) electrons. The Morgan fingerprint density at radius 3 is 2.30 bits per heavy atom. The van der Waals surface area contributed by atoms with Crippen molar-refractivity contribution in [3.63, 3.8) is 0 Å². The predicted molar refractivity (Wildman–Crippen MR) is 160 cm³/mol. The molecule has 1 aromatic carbocycles. The summed E-state index contributed by atoms with van der Waals surface area (Å²) in [5.74, 6) is -0.704. The standard InChI is InChI=1S/C22H16F2N6OS.C4H10.2C2H6/c23-14-7-27-19(16-10(5-25)21(26)32-20(14)16)15-13-9-31-8-12(13)11-6-28-22(29-18(11)17(15)24)30-3-1-2-4-30;1-3-4-2;2*1-2/h6-7H,1-4,8-9,26H2;3-4H2,1-2H3;2*1-2H3. The van der Waals surface area contributed by atoms with Crippen molar-refractivity contribution in [2.24, 2.45) is 0 Å². The van der Waals surface area contributed by atoms with Gasteiger partial charge in [0.05, 0.1) is 35.4 Å². The number of hydrogen-bond acceptors (Lipinski definition) is 8. The van der Waals surface area contributed by atoms with Crippen molar-refractivity contribution in [2.45, 2.75) is 80.4 Å². The molecule has 2 N–H and O–H groups in total. The van der Waals surface area contributed by atoms with Gasteiger partial charge in [-0.25, -0.2) is 18.7 Å². The third-order valence-electron chi connectivity index (χ3n) is 6.62. The molecule has 0 saturated carbocycles. The summed E-state index contributed by atoms with van der Waals surface area (Å²) in [4.78, 5) is 15.3. The molecule has 4 aromatic rings. The number of anilines is 2. The molecule has 0 unspecified atom stereocenters. The Hall–Kier alpha value is -3.42. The van der Waals surface area contributed by atoms with Gasteiger partial charge in [-0.15, -0.1) is 11.3 Å². The van der Waals surface area contributed by atoms with Crippen LogP contribution in [0.1, 0.15) is 83.9 Å². The number of rotatable bonds is 3. The van der Waals surface area contributed by atoms with E-state index in [9.17, 15) is 9.65 Å². The highest BCUT2D eigenvalue weighted by molar-refractivity contribution is 7.23. The summed E-state index contributed by atoms with van der Waals surface area (Å²) in [7, 11) is 0. The number of nitrogens with two attached hydrogens (primary N) is 1. The number of nitrogen functional groups attached to an aromatic ring is 1. The first-order chi connectivity index (χ1) is 19.5. The largest absolute Gasteiger partial charge is 0.389 e. The van der Waals surface area contributed by atoms with Gasteiger partial charge in [0.1, 0.15) is 16.6 Å². The number of benzene rings is 1. The Bertz CT molecular complexity index is 1510. The second-order valence-electron chi connectivity index (χ2n) is 8.88. The van der Waals surface area contributed by atoms with Crippen molar-refractivity contribution >= 4 is 43.3 Å². The number of pyridine rings is 1. The van der Waals surface area contributed by atoms with Crippen LogP contribution in [-0.2, 0) is 18.0 Å². The first-order valence-corrected chi connectivity index (χ1v) is 14.9. The van der Waals surface area contributed by atoms with Crippen molar-refractivity contribution in [1.29, 1.82) is 5.26 Å². The Kier molecular flexibility index (Phi) is 11.1. The monoisotopic (exact) mass is 568 g/mol. The van der Waals surface area contributed by atoms with Crippen LogP contribution in [0.5, 0.6) is 0 Å². The van der Waals surface area contributed by atoms with Gasteiger partial charge in [0.15, 0.2) is 11.6 Å². The number of fused-ring (bicyclic) bond motifs is 4. The molecule has 6 rings (SSSR count). The molecule has 0 aliphatic carbocycles. The molecule has 0 bridgehead atoms. The molecule has 7 nitrogen and oxygen atoms in total. The van der Waals surface area contributed by atoms with E-state index in [1.54, 1.807) is 6.20 Å². The van der Waals surface area contributed by atoms with E-state index in [4.69, 9.17) is 10.5 Å². The minimum absolute atomic E-state index is 0.0969. The molecular formula is C30H38F2N6OS. The van der Waals surface area contributed by atoms with Gasteiger partial charge >= 0.3 is 0 Å². The highest BCUT2D eigenvalue weighted by Gasteiger charge is 2.30. The van der Waals surface area contributed by atoms with E-state index >= 15 is 4.39 Å². The number of unbranched alkanes of at least 4 members (excludes halogenated alkanes) is 1. The first-order valence-electron chi connectivity index (χ1n) is 14.1.